The molecule has 0 aromatic carbocycles. The fourth-order valence-electron chi connectivity index (χ4n) is 2.10. The number of hydrogen-bond acceptors (Lipinski definition) is 4. The molecule has 3 N–H and O–H groups in total. The zero-order chi connectivity index (χ0) is 13.3. The quantitative estimate of drug-likeness (QED) is 0.747. The van der Waals surface area contributed by atoms with Crippen molar-refractivity contribution in [1.82, 2.24) is 9.62 Å². The van der Waals surface area contributed by atoms with Gasteiger partial charge in [0.2, 0.25) is 15.9 Å². The third kappa shape index (κ3) is 5.09. The maximum Gasteiger partial charge on any atom is 0.243 e. The molecule has 1 amide bonds. The molecule has 0 aromatic heterocycles. The molecule has 0 aromatic rings. The highest BCUT2D eigenvalue weighted by Gasteiger charge is 2.35. The maximum absolute atomic E-state index is 12.2. The van der Waals surface area contributed by atoms with Gasteiger partial charge in [0.1, 0.15) is 5.54 Å². The Balaban J connectivity index is 0.00000289. The molecule has 0 aliphatic carbocycles. The monoisotopic (exact) mass is 299 g/mol. The van der Waals surface area contributed by atoms with E-state index in [-0.39, 0.29) is 24.4 Å². The Morgan fingerprint density at radius 3 is 2.44 bits per heavy atom. The Morgan fingerprint density at radius 1 is 1.44 bits per heavy atom. The molecule has 1 rings (SSSR count). The number of nitrogens with two attached hydrogens (primary N) is 1. The number of nitrogens with zero attached hydrogens (tertiary/aromatic N) is 1. The van der Waals surface area contributed by atoms with E-state index in [1.165, 1.54) is 0 Å². The van der Waals surface area contributed by atoms with Crippen LogP contribution in [0.4, 0.5) is 0 Å². The van der Waals surface area contributed by atoms with Crippen LogP contribution < -0.4 is 10.5 Å². The molecule has 0 bridgehead atoms. The minimum absolute atomic E-state index is 0. The molecule has 8 heteroatoms. The number of carbonyl (C=O) groups is 1. The lowest BCUT2D eigenvalue weighted by atomic mass is 10.0. The van der Waals surface area contributed by atoms with Gasteiger partial charge in [-0.15, -0.1) is 12.4 Å². The summed E-state index contributed by atoms with van der Waals surface area (Å²) in [5, 5.41) is 0. The Morgan fingerprint density at radius 2 is 2.00 bits per heavy atom. The molecular weight excluding hydrogens is 278 g/mol. The van der Waals surface area contributed by atoms with Crippen LogP contribution in [0.2, 0.25) is 0 Å². The van der Waals surface area contributed by atoms with Crippen LogP contribution in [0.5, 0.6) is 0 Å². The second-order valence-electron chi connectivity index (χ2n) is 5.15. The number of piperidine rings is 1. The van der Waals surface area contributed by atoms with Gasteiger partial charge in [-0.3, -0.25) is 4.79 Å². The van der Waals surface area contributed by atoms with Crippen molar-refractivity contribution in [3.05, 3.63) is 0 Å². The number of hydrogen-bond donors (Lipinski definition) is 2. The van der Waals surface area contributed by atoms with Gasteiger partial charge in [0.15, 0.2) is 0 Å². The Kier molecular flexibility index (Phi) is 6.06. The number of sulfonamides is 1. The van der Waals surface area contributed by atoms with Crippen molar-refractivity contribution in [2.45, 2.75) is 38.3 Å². The minimum atomic E-state index is -3.41. The van der Waals surface area contributed by atoms with E-state index in [4.69, 9.17) is 5.73 Å². The molecular formula is C10H22ClN3O3S. The van der Waals surface area contributed by atoms with Gasteiger partial charge in [0.25, 0.3) is 0 Å². The van der Waals surface area contributed by atoms with Gasteiger partial charge in [-0.25, -0.2) is 13.1 Å². The molecule has 6 nitrogen and oxygen atoms in total. The zero-order valence-electron chi connectivity index (χ0n) is 11.0. The highest BCUT2D eigenvalue weighted by Crippen LogP contribution is 2.15. The molecule has 108 valence electrons. The summed E-state index contributed by atoms with van der Waals surface area (Å²) < 4.78 is 24.7. The van der Waals surface area contributed by atoms with Crippen molar-refractivity contribution in [2.24, 2.45) is 5.73 Å². The standard InChI is InChI=1S/C10H21N3O3S.ClH/c1-10(2,12-17(3,15)16)9(14)13-6-4-5-8(11)7-13;/h8,12H,4-7,11H2,1-3H3;1H. The van der Waals surface area contributed by atoms with Crippen LogP contribution in [0.3, 0.4) is 0 Å². The second-order valence-corrected chi connectivity index (χ2v) is 6.90. The third-order valence-corrected chi connectivity index (χ3v) is 3.60. The molecule has 1 fully saturated rings. The van der Waals surface area contributed by atoms with E-state index in [0.29, 0.717) is 13.1 Å². The van der Waals surface area contributed by atoms with E-state index in [1.54, 1.807) is 18.7 Å². The molecule has 1 aliphatic rings. The van der Waals surface area contributed by atoms with Gasteiger partial charge < -0.3 is 10.6 Å². The summed E-state index contributed by atoms with van der Waals surface area (Å²) in [7, 11) is -3.41. The highest BCUT2D eigenvalue weighted by molar-refractivity contribution is 7.88. The second kappa shape index (κ2) is 6.18. The maximum atomic E-state index is 12.2. The van der Waals surface area contributed by atoms with Crippen LogP contribution in [0.1, 0.15) is 26.7 Å². The number of nitrogens with one attached hydrogen (secondary N) is 1. The lowest BCUT2D eigenvalue weighted by Gasteiger charge is -2.36. The normalized spacial score (nSPS) is 21.3. The van der Waals surface area contributed by atoms with Crippen molar-refractivity contribution in [3.8, 4) is 0 Å². The van der Waals surface area contributed by atoms with Crippen molar-refractivity contribution in [1.29, 1.82) is 0 Å². The number of amides is 1. The van der Waals surface area contributed by atoms with E-state index >= 15 is 0 Å². The van der Waals surface area contributed by atoms with E-state index in [1.807, 2.05) is 0 Å². The molecule has 1 unspecified atom stereocenters. The van der Waals surface area contributed by atoms with Crippen LogP contribution in [-0.4, -0.2) is 50.2 Å². The van der Waals surface area contributed by atoms with Gasteiger partial charge in [-0.1, -0.05) is 0 Å². The number of rotatable bonds is 3. The fraction of sp³-hybridized carbons (Fsp3) is 0.900. The van der Waals surface area contributed by atoms with Gasteiger partial charge in [-0.2, -0.15) is 0 Å². The summed E-state index contributed by atoms with van der Waals surface area (Å²) in [5.41, 5.74) is 4.68. The number of halogens is 1. The summed E-state index contributed by atoms with van der Waals surface area (Å²) in [6.07, 6.45) is 2.82. The highest BCUT2D eigenvalue weighted by atomic mass is 35.5. The Hall–Kier alpha value is -0.370. The van der Waals surface area contributed by atoms with Crippen molar-refractivity contribution < 1.29 is 13.2 Å². The summed E-state index contributed by atoms with van der Waals surface area (Å²) in [6, 6.07) is -0.0123. The van der Waals surface area contributed by atoms with E-state index in [9.17, 15) is 13.2 Å². The molecule has 18 heavy (non-hydrogen) atoms. The van der Waals surface area contributed by atoms with Crippen molar-refractivity contribution in [3.63, 3.8) is 0 Å². The summed E-state index contributed by atoms with van der Waals surface area (Å²) >= 11 is 0. The average Bonchev–Trinajstić information content (AvgIpc) is 2.12. The van der Waals surface area contributed by atoms with Gasteiger partial charge >= 0.3 is 0 Å². The summed E-state index contributed by atoms with van der Waals surface area (Å²) in [4.78, 5) is 13.8. The van der Waals surface area contributed by atoms with Crippen molar-refractivity contribution >= 4 is 28.3 Å². The van der Waals surface area contributed by atoms with E-state index in [2.05, 4.69) is 4.72 Å². The third-order valence-electron chi connectivity index (χ3n) is 2.72. The Bertz CT molecular complexity index is 397. The lowest BCUT2D eigenvalue weighted by Crippen LogP contribution is -2.58. The molecule has 0 spiro atoms. The summed E-state index contributed by atoms with van der Waals surface area (Å²) in [5.74, 6) is -0.224. The zero-order valence-corrected chi connectivity index (χ0v) is 12.6. The molecule has 1 saturated heterocycles. The molecule has 0 saturated carbocycles. The summed E-state index contributed by atoms with van der Waals surface area (Å²) in [6.45, 7) is 4.27. The van der Waals surface area contributed by atoms with Gasteiger partial charge in [0.05, 0.1) is 6.26 Å². The van der Waals surface area contributed by atoms with Crippen LogP contribution in [0.15, 0.2) is 0 Å². The Labute approximate surface area is 115 Å². The fourth-order valence-corrected chi connectivity index (χ4v) is 3.11. The topological polar surface area (TPSA) is 92.5 Å². The van der Waals surface area contributed by atoms with Crippen molar-refractivity contribution in [2.75, 3.05) is 19.3 Å². The largest absolute Gasteiger partial charge is 0.340 e. The molecule has 1 aliphatic heterocycles. The smallest absolute Gasteiger partial charge is 0.243 e. The first kappa shape index (κ1) is 17.6. The SMILES string of the molecule is CC(C)(NS(C)(=O)=O)C(=O)N1CCCC(N)C1.Cl. The lowest BCUT2D eigenvalue weighted by molar-refractivity contribution is -0.137. The number of likely N-dealkylation sites (tertiary alicyclic amines) is 1. The first-order valence-electron chi connectivity index (χ1n) is 5.66. The van der Waals surface area contributed by atoms with Crippen LogP contribution in [-0.2, 0) is 14.8 Å². The van der Waals surface area contributed by atoms with Crippen LogP contribution in [0.25, 0.3) is 0 Å². The number of carbonyl (C=O) groups excluding carboxylic acids is 1. The van der Waals surface area contributed by atoms with E-state index < -0.39 is 15.6 Å². The predicted octanol–water partition coefficient (Wildman–Crippen LogP) is -0.314. The van der Waals surface area contributed by atoms with Crippen LogP contribution >= 0.6 is 12.4 Å². The van der Waals surface area contributed by atoms with Gasteiger partial charge in [-0.05, 0) is 26.7 Å². The molecule has 1 atom stereocenters. The van der Waals surface area contributed by atoms with Gasteiger partial charge in [0, 0.05) is 19.1 Å². The minimum Gasteiger partial charge on any atom is -0.340 e. The molecule has 0 radical (unpaired) electrons. The first-order valence-corrected chi connectivity index (χ1v) is 7.55. The predicted molar refractivity (Wildman–Crippen MR) is 73.1 cm³/mol. The average molecular weight is 300 g/mol. The van der Waals surface area contributed by atoms with E-state index in [0.717, 1.165) is 19.1 Å². The first-order chi connectivity index (χ1) is 7.62. The van der Waals surface area contributed by atoms with Crippen LogP contribution in [0, 0.1) is 0 Å². The molecule has 1 heterocycles.